The van der Waals surface area contributed by atoms with Gasteiger partial charge in [-0.1, -0.05) is 20.3 Å². The first-order valence-corrected chi connectivity index (χ1v) is 8.01. The Kier molecular flexibility index (Phi) is 3.68. The van der Waals surface area contributed by atoms with E-state index in [1.54, 1.807) is 0 Å². The van der Waals surface area contributed by atoms with Gasteiger partial charge < -0.3 is 10.1 Å². The van der Waals surface area contributed by atoms with Crippen molar-refractivity contribution in [1.29, 1.82) is 0 Å². The topological polar surface area (TPSA) is 21.3 Å². The molecule has 7 unspecified atom stereocenters. The van der Waals surface area contributed by atoms with E-state index in [1.807, 2.05) is 0 Å². The van der Waals surface area contributed by atoms with Crippen molar-refractivity contribution in [2.75, 3.05) is 7.05 Å². The lowest BCUT2D eigenvalue weighted by Gasteiger charge is -2.40. The molecule has 0 amide bonds. The normalized spacial score (nSPS) is 49.5. The lowest BCUT2D eigenvalue weighted by molar-refractivity contribution is 0.0701. The number of fused-ring (bicyclic) bond motifs is 2. The third kappa shape index (κ3) is 2.22. The van der Waals surface area contributed by atoms with Crippen LogP contribution in [0.25, 0.3) is 0 Å². The molecule has 18 heavy (non-hydrogen) atoms. The lowest BCUT2D eigenvalue weighted by Crippen LogP contribution is -2.46. The van der Waals surface area contributed by atoms with Crippen molar-refractivity contribution in [2.24, 2.45) is 23.7 Å². The van der Waals surface area contributed by atoms with Crippen molar-refractivity contribution < 1.29 is 4.74 Å². The monoisotopic (exact) mass is 251 g/mol. The van der Waals surface area contributed by atoms with Gasteiger partial charge in [-0.3, -0.25) is 0 Å². The average molecular weight is 251 g/mol. The standard InChI is InChI=1S/C16H29NO/c1-10-4-5-12(8-11(10)2)16(17-3)14-9-13-6-7-15(14)18-13/h10-17H,4-9H2,1-3H3. The van der Waals surface area contributed by atoms with Crippen LogP contribution in [0.5, 0.6) is 0 Å². The van der Waals surface area contributed by atoms with Crippen molar-refractivity contribution in [3.05, 3.63) is 0 Å². The molecule has 0 spiro atoms. The van der Waals surface area contributed by atoms with Crippen molar-refractivity contribution >= 4 is 0 Å². The van der Waals surface area contributed by atoms with Crippen LogP contribution in [-0.2, 0) is 4.74 Å². The molecule has 2 bridgehead atoms. The molecule has 2 heterocycles. The van der Waals surface area contributed by atoms with E-state index in [2.05, 4.69) is 26.2 Å². The minimum atomic E-state index is 0.571. The molecule has 0 radical (unpaired) electrons. The largest absolute Gasteiger partial charge is 0.375 e. The van der Waals surface area contributed by atoms with Crippen LogP contribution in [0.2, 0.25) is 0 Å². The lowest BCUT2D eigenvalue weighted by atomic mass is 9.68. The Morgan fingerprint density at radius 1 is 1.00 bits per heavy atom. The van der Waals surface area contributed by atoms with E-state index in [-0.39, 0.29) is 0 Å². The Morgan fingerprint density at radius 2 is 1.83 bits per heavy atom. The maximum Gasteiger partial charge on any atom is 0.0623 e. The maximum absolute atomic E-state index is 6.07. The van der Waals surface area contributed by atoms with E-state index in [0.717, 1.165) is 23.7 Å². The Morgan fingerprint density at radius 3 is 2.39 bits per heavy atom. The molecular formula is C16H29NO. The molecule has 7 atom stereocenters. The Balaban J connectivity index is 1.65. The van der Waals surface area contributed by atoms with Gasteiger partial charge in [0.2, 0.25) is 0 Å². The molecule has 2 heteroatoms. The summed E-state index contributed by atoms with van der Waals surface area (Å²) in [5.74, 6) is 3.50. The van der Waals surface area contributed by atoms with Crippen LogP contribution >= 0.6 is 0 Å². The van der Waals surface area contributed by atoms with Crippen LogP contribution in [-0.4, -0.2) is 25.3 Å². The van der Waals surface area contributed by atoms with E-state index in [9.17, 15) is 0 Å². The minimum Gasteiger partial charge on any atom is -0.375 e. The molecular weight excluding hydrogens is 222 g/mol. The first kappa shape index (κ1) is 12.9. The van der Waals surface area contributed by atoms with Gasteiger partial charge in [0.15, 0.2) is 0 Å². The third-order valence-corrected chi connectivity index (χ3v) is 6.09. The van der Waals surface area contributed by atoms with Crippen LogP contribution in [0.4, 0.5) is 0 Å². The number of hydrogen-bond acceptors (Lipinski definition) is 2. The fourth-order valence-corrected chi connectivity index (χ4v) is 4.77. The SMILES string of the molecule is CNC(C1CCC(C)C(C)C1)C1CC2CCC1O2. The fourth-order valence-electron chi connectivity index (χ4n) is 4.77. The number of rotatable bonds is 3. The smallest absolute Gasteiger partial charge is 0.0623 e. The second-order valence-corrected chi connectivity index (χ2v) is 7.12. The zero-order valence-electron chi connectivity index (χ0n) is 12.2. The summed E-state index contributed by atoms with van der Waals surface area (Å²) < 4.78 is 6.07. The number of nitrogens with one attached hydrogen (secondary N) is 1. The highest BCUT2D eigenvalue weighted by Gasteiger charge is 2.46. The van der Waals surface area contributed by atoms with E-state index in [0.29, 0.717) is 18.2 Å². The summed E-state index contributed by atoms with van der Waals surface area (Å²) in [4.78, 5) is 0. The molecule has 104 valence electrons. The maximum atomic E-state index is 6.07. The Labute approximate surface area is 112 Å². The molecule has 3 rings (SSSR count). The van der Waals surface area contributed by atoms with Crippen LogP contribution < -0.4 is 5.32 Å². The second-order valence-electron chi connectivity index (χ2n) is 7.12. The van der Waals surface area contributed by atoms with E-state index < -0.39 is 0 Å². The van der Waals surface area contributed by atoms with E-state index >= 15 is 0 Å². The minimum absolute atomic E-state index is 0.571. The summed E-state index contributed by atoms with van der Waals surface area (Å²) >= 11 is 0. The molecule has 0 aromatic carbocycles. The fraction of sp³-hybridized carbons (Fsp3) is 1.00. The molecule has 2 aliphatic heterocycles. The van der Waals surface area contributed by atoms with Gasteiger partial charge in [0.1, 0.15) is 0 Å². The van der Waals surface area contributed by atoms with Gasteiger partial charge in [-0.15, -0.1) is 0 Å². The first-order chi connectivity index (χ1) is 8.69. The zero-order valence-corrected chi connectivity index (χ0v) is 12.2. The van der Waals surface area contributed by atoms with Gasteiger partial charge in [-0.2, -0.15) is 0 Å². The molecule has 0 aromatic heterocycles. The zero-order chi connectivity index (χ0) is 12.7. The quantitative estimate of drug-likeness (QED) is 0.831. The summed E-state index contributed by atoms with van der Waals surface area (Å²) in [6.45, 7) is 4.87. The van der Waals surface area contributed by atoms with Gasteiger partial charge in [-0.05, 0) is 56.9 Å². The number of ether oxygens (including phenoxy) is 1. The molecule has 3 fully saturated rings. The van der Waals surface area contributed by atoms with Crippen LogP contribution in [0.15, 0.2) is 0 Å². The highest BCUT2D eigenvalue weighted by atomic mass is 16.5. The van der Waals surface area contributed by atoms with E-state index in [4.69, 9.17) is 4.74 Å². The highest BCUT2D eigenvalue weighted by Crippen LogP contribution is 2.45. The van der Waals surface area contributed by atoms with Crippen LogP contribution in [0.1, 0.15) is 52.4 Å². The summed E-state index contributed by atoms with van der Waals surface area (Å²) in [7, 11) is 2.17. The van der Waals surface area contributed by atoms with Gasteiger partial charge in [-0.25, -0.2) is 0 Å². The van der Waals surface area contributed by atoms with Gasteiger partial charge >= 0.3 is 0 Å². The van der Waals surface area contributed by atoms with Crippen molar-refractivity contribution in [2.45, 2.75) is 70.6 Å². The summed E-state index contributed by atoms with van der Waals surface area (Å²) in [5, 5.41) is 3.65. The average Bonchev–Trinajstić information content (AvgIpc) is 2.97. The third-order valence-electron chi connectivity index (χ3n) is 6.09. The van der Waals surface area contributed by atoms with Crippen molar-refractivity contribution in [1.82, 2.24) is 5.32 Å². The summed E-state index contributed by atoms with van der Waals surface area (Å²) in [6, 6.07) is 0.704. The predicted molar refractivity (Wildman–Crippen MR) is 74.5 cm³/mol. The summed E-state index contributed by atoms with van der Waals surface area (Å²) in [5.41, 5.74) is 0. The highest BCUT2D eigenvalue weighted by molar-refractivity contribution is 4.98. The van der Waals surface area contributed by atoms with Crippen LogP contribution in [0, 0.1) is 23.7 Å². The van der Waals surface area contributed by atoms with Gasteiger partial charge in [0, 0.05) is 12.0 Å². The molecule has 1 saturated carbocycles. The Hall–Kier alpha value is -0.0800. The second kappa shape index (κ2) is 5.13. The first-order valence-electron chi connectivity index (χ1n) is 8.01. The molecule has 3 aliphatic rings. The molecule has 2 saturated heterocycles. The van der Waals surface area contributed by atoms with Gasteiger partial charge in [0.05, 0.1) is 12.2 Å². The van der Waals surface area contributed by atoms with Crippen molar-refractivity contribution in [3.63, 3.8) is 0 Å². The van der Waals surface area contributed by atoms with Crippen LogP contribution in [0.3, 0.4) is 0 Å². The van der Waals surface area contributed by atoms with E-state index in [1.165, 1.54) is 38.5 Å². The predicted octanol–water partition coefficient (Wildman–Crippen LogP) is 3.21. The number of hydrogen-bond donors (Lipinski definition) is 1. The Bertz CT molecular complexity index is 293. The molecule has 1 aliphatic carbocycles. The van der Waals surface area contributed by atoms with Crippen molar-refractivity contribution in [3.8, 4) is 0 Å². The summed E-state index contributed by atoms with van der Waals surface area (Å²) in [6.07, 6.45) is 9.37. The van der Waals surface area contributed by atoms with Gasteiger partial charge in [0.25, 0.3) is 0 Å². The molecule has 0 aromatic rings. The molecule has 2 nitrogen and oxygen atoms in total. The molecule has 1 N–H and O–H groups in total.